The molecule has 0 radical (unpaired) electrons. The molecule has 9 heteroatoms. The lowest BCUT2D eigenvalue weighted by Gasteiger charge is -2.29. The number of methoxy groups -OCH3 is 1. The minimum atomic E-state index is -0.807. The van der Waals surface area contributed by atoms with Crippen molar-refractivity contribution in [1.29, 1.82) is 0 Å². The molecule has 2 N–H and O–H groups in total. The van der Waals surface area contributed by atoms with Crippen LogP contribution in [0.4, 0.5) is 0 Å². The molecule has 0 saturated carbocycles. The number of likely N-dealkylation sites (tertiary alicyclic amines) is 1. The van der Waals surface area contributed by atoms with Crippen molar-refractivity contribution in [3.63, 3.8) is 0 Å². The first-order chi connectivity index (χ1) is 16.4. The van der Waals surface area contributed by atoms with E-state index in [1.165, 1.54) is 24.1 Å². The maximum atomic E-state index is 13.2. The van der Waals surface area contributed by atoms with Crippen molar-refractivity contribution in [2.75, 3.05) is 46.5 Å². The molecule has 2 saturated heterocycles. The molecule has 1 unspecified atom stereocenters. The van der Waals surface area contributed by atoms with E-state index in [4.69, 9.17) is 9.47 Å². The van der Waals surface area contributed by atoms with E-state index in [1.807, 2.05) is 0 Å². The molecule has 34 heavy (non-hydrogen) atoms. The maximum Gasteiger partial charge on any atom is 0.295 e. The summed E-state index contributed by atoms with van der Waals surface area (Å²) in [5.41, 5.74) is 0.660. The predicted octanol–water partition coefficient (Wildman–Crippen LogP) is 3.31. The van der Waals surface area contributed by atoms with E-state index in [0.29, 0.717) is 42.0 Å². The first-order valence-electron chi connectivity index (χ1n) is 11.1. The quantitative estimate of drug-likeness (QED) is 0.321. The third-order valence-corrected chi connectivity index (χ3v) is 6.63. The molecule has 2 heterocycles. The van der Waals surface area contributed by atoms with E-state index in [9.17, 15) is 19.8 Å². The Morgan fingerprint density at radius 2 is 1.91 bits per heavy atom. The summed E-state index contributed by atoms with van der Waals surface area (Å²) in [6.07, 6.45) is 0.662. The number of hydrogen-bond acceptors (Lipinski definition) is 7. The highest BCUT2D eigenvalue weighted by Gasteiger charge is 2.46. The number of aliphatic hydroxyl groups excluding tert-OH is 1. The highest BCUT2D eigenvalue weighted by molar-refractivity contribution is 9.10. The van der Waals surface area contributed by atoms with Crippen LogP contribution in [-0.4, -0.2) is 78.2 Å². The van der Waals surface area contributed by atoms with Gasteiger partial charge in [-0.1, -0.05) is 28.1 Å². The van der Waals surface area contributed by atoms with E-state index in [2.05, 4.69) is 20.8 Å². The lowest BCUT2D eigenvalue weighted by Crippen LogP contribution is -2.38. The van der Waals surface area contributed by atoms with Gasteiger partial charge in [0.05, 0.1) is 37.5 Å². The Balaban J connectivity index is 1.72. The lowest BCUT2D eigenvalue weighted by molar-refractivity contribution is -0.140. The molecule has 2 aliphatic rings. The van der Waals surface area contributed by atoms with E-state index >= 15 is 0 Å². The Hall–Kier alpha value is -2.88. The van der Waals surface area contributed by atoms with Crippen molar-refractivity contribution in [2.45, 2.75) is 12.5 Å². The summed E-state index contributed by atoms with van der Waals surface area (Å²) in [6, 6.07) is 10.8. The zero-order valence-electron chi connectivity index (χ0n) is 18.9. The van der Waals surface area contributed by atoms with Crippen LogP contribution < -0.4 is 4.74 Å². The highest BCUT2D eigenvalue weighted by atomic mass is 79.9. The minimum Gasteiger partial charge on any atom is -0.507 e. The molecule has 1 atom stereocenters. The number of rotatable bonds is 7. The van der Waals surface area contributed by atoms with Crippen LogP contribution in [0, 0.1) is 0 Å². The third-order valence-electron chi connectivity index (χ3n) is 6.14. The van der Waals surface area contributed by atoms with Gasteiger partial charge in [0.25, 0.3) is 11.7 Å². The van der Waals surface area contributed by atoms with Gasteiger partial charge in [0, 0.05) is 30.7 Å². The molecule has 2 aliphatic heterocycles. The zero-order valence-corrected chi connectivity index (χ0v) is 20.5. The predicted molar refractivity (Wildman–Crippen MR) is 130 cm³/mol. The van der Waals surface area contributed by atoms with Gasteiger partial charge in [-0.05, 0) is 42.3 Å². The summed E-state index contributed by atoms with van der Waals surface area (Å²) < 4.78 is 11.4. The van der Waals surface area contributed by atoms with Crippen LogP contribution >= 0.6 is 15.9 Å². The van der Waals surface area contributed by atoms with Crippen LogP contribution in [0.3, 0.4) is 0 Å². The molecule has 4 rings (SSSR count). The fourth-order valence-corrected chi connectivity index (χ4v) is 4.76. The van der Waals surface area contributed by atoms with Gasteiger partial charge in [0.1, 0.15) is 17.3 Å². The number of carbonyl (C=O) groups excluding carboxylic acids is 2. The number of ketones is 1. The molecule has 2 aromatic carbocycles. The first kappa shape index (κ1) is 24.3. The fourth-order valence-electron chi connectivity index (χ4n) is 4.40. The molecule has 0 aliphatic carbocycles. The number of morpholine rings is 1. The molecule has 0 spiro atoms. The van der Waals surface area contributed by atoms with Crippen LogP contribution in [0.25, 0.3) is 5.76 Å². The number of carbonyl (C=O) groups is 2. The molecular weight excluding hydrogens is 504 g/mol. The normalized spacial score (nSPS) is 20.6. The Morgan fingerprint density at radius 1 is 1.15 bits per heavy atom. The van der Waals surface area contributed by atoms with Gasteiger partial charge in [-0.15, -0.1) is 0 Å². The van der Waals surface area contributed by atoms with Crippen LogP contribution in [0.5, 0.6) is 11.5 Å². The van der Waals surface area contributed by atoms with Crippen molar-refractivity contribution in [3.05, 3.63) is 63.6 Å². The van der Waals surface area contributed by atoms with Crippen molar-refractivity contribution >= 4 is 33.4 Å². The van der Waals surface area contributed by atoms with Crippen LogP contribution in [0.2, 0.25) is 0 Å². The second-order valence-electron chi connectivity index (χ2n) is 8.24. The minimum absolute atomic E-state index is 0.0574. The molecule has 8 nitrogen and oxygen atoms in total. The van der Waals surface area contributed by atoms with Gasteiger partial charge >= 0.3 is 0 Å². The summed E-state index contributed by atoms with van der Waals surface area (Å²) in [7, 11) is 1.54. The number of phenols is 1. The topological polar surface area (TPSA) is 99.5 Å². The van der Waals surface area contributed by atoms with Crippen molar-refractivity contribution < 1.29 is 29.3 Å². The van der Waals surface area contributed by atoms with Crippen LogP contribution in [0.1, 0.15) is 23.6 Å². The monoisotopic (exact) mass is 530 g/mol. The fraction of sp³-hybridized carbons (Fsp3) is 0.360. The van der Waals surface area contributed by atoms with Crippen molar-refractivity contribution in [3.8, 4) is 11.5 Å². The summed E-state index contributed by atoms with van der Waals surface area (Å²) in [5, 5.41) is 21.5. The van der Waals surface area contributed by atoms with Gasteiger partial charge in [-0.3, -0.25) is 14.5 Å². The van der Waals surface area contributed by atoms with Gasteiger partial charge in [0.2, 0.25) is 0 Å². The Bertz CT molecular complexity index is 1110. The lowest BCUT2D eigenvalue weighted by atomic mass is 9.95. The summed E-state index contributed by atoms with van der Waals surface area (Å²) in [6.45, 7) is 4.14. The number of amides is 1. The summed E-state index contributed by atoms with van der Waals surface area (Å²) >= 11 is 3.33. The Morgan fingerprint density at radius 3 is 2.65 bits per heavy atom. The number of nitrogens with zero attached hydrogens (tertiary/aromatic N) is 2. The Kier molecular flexibility index (Phi) is 7.55. The second-order valence-corrected chi connectivity index (χ2v) is 9.15. The number of aromatic hydroxyl groups is 1. The molecule has 1 amide bonds. The number of halogens is 1. The van der Waals surface area contributed by atoms with Gasteiger partial charge in [-0.25, -0.2) is 0 Å². The van der Waals surface area contributed by atoms with E-state index in [0.717, 1.165) is 19.6 Å². The molecule has 2 fully saturated rings. The number of ether oxygens (including phenoxy) is 2. The first-order valence-corrected chi connectivity index (χ1v) is 11.9. The van der Waals surface area contributed by atoms with E-state index < -0.39 is 23.5 Å². The number of phenolic OH excluding ortho intramolecular Hbond substituents is 1. The molecule has 0 aromatic heterocycles. The summed E-state index contributed by atoms with van der Waals surface area (Å²) in [5.74, 6) is -1.49. The highest BCUT2D eigenvalue weighted by Crippen LogP contribution is 2.42. The number of benzene rings is 2. The number of aliphatic hydroxyl groups is 1. The van der Waals surface area contributed by atoms with Gasteiger partial charge in [-0.2, -0.15) is 0 Å². The third kappa shape index (κ3) is 4.96. The number of hydrogen-bond donors (Lipinski definition) is 2. The average Bonchev–Trinajstić information content (AvgIpc) is 3.11. The van der Waals surface area contributed by atoms with Gasteiger partial charge < -0.3 is 24.6 Å². The SMILES string of the molecule is COc1cccc(C2C(=C(O)c3cc(Br)ccc3O)C(=O)C(=O)N2CCCN2CCOCC2)c1. The molecular formula is C25H27BrN2O6. The standard InChI is InChI=1S/C25H27BrN2O6/c1-33-18-5-2-4-16(14-18)22-21(23(30)19-15-17(26)6-7-20(19)29)24(31)25(32)28(22)9-3-8-27-10-12-34-13-11-27/h2,4-7,14-15,22,29-30H,3,8-13H2,1H3. The Labute approximate surface area is 206 Å². The maximum absolute atomic E-state index is 13.2. The summed E-state index contributed by atoms with van der Waals surface area (Å²) in [4.78, 5) is 30.0. The smallest absolute Gasteiger partial charge is 0.295 e. The van der Waals surface area contributed by atoms with Crippen LogP contribution in [-0.2, 0) is 14.3 Å². The second kappa shape index (κ2) is 10.6. The van der Waals surface area contributed by atoms with Gasteiger partial charge in [0.15, 0.2) is 0 Å². The molecule has 180 valence electrons. The largest absolute Gasteiger partial charge is 0.507 e. The van der Waals surface area contributed by atoms with E-state index in [1.54, 1.807) is 30.3 Å². The average molecular weight is 531 g/mol. The van der Waals surface area contributed by atoms with Crippen molar-refractivity contribution in [1.82, 2.24) is 9.80 Å². The zero-order chi connectivity index (χ0) is 24.2. The van der Waals surface area contributed by atoms with Crippen LogP contribution in [0.15, 0.2) is 52.5 Å². The van der Waals surface area contributed by atoms with E-state index in [-0.39, 0.29) is 16.9 Å². The number of Topliss-reactive ketones (excluding diaryl/α,β-unsaturated/α-hetero) is 1. The molecule has 0 bridgehead atoms. The molecule has 2 aromatic rings. The van der Waals surface area contributed by atoms with Crippen molar-refractivity contribution in [2.24, 2.45) is 0 Å².